The van der Waals surface area contributed by atoms with Crippen molar-refractivity contribution < 1.29 is 45.2 Å². The maximum Gasteiger partial charge on any atom is 0.494 e. The smallest absolute Gasteiger partial charge is 0.464 e. The van der Waals surface area contributed by atoms with Crippen molar-refractivity contribution in [1.29, 1.82) is 0 Å². The van der Waals surface area contributed by atoms with Gasteiger partial charge in [0, 0.05) is 8.95 Å². The first-order valence-electron chi connectivity index (χ1n) is 19.3. The fourth-order valence-electron chi connectivity index (χ4n) is 5.00. The Kier molecular flexibility index (Phi) is 17.6. The van der Waals surface area contributed by atoms with E-state index in [-0.39, 0.29) is 33.8 Å². The summed E-state index contributed by atoms with van der Waals surface area (Å²) in [7, 11) is -8.05. The normalized spacial score (nSPS) is 14.8. The van der Waals surface area contributed by atoms with E-state index in [1.807, 2.05) is 106 Å². The van der Waals surface area contributed by atoms with Gasteiger partial charge in [-0.3, -0.25) is 9.59 Å². The third-order valence-electron chi connectivity index (χ3n) is 9.11. The van der Waals surface area contributed by atoms with Crippen LogP contribution in [-0.4, -0.2) is 71.8 Å². The highest BCUT2D eigenvalue weighted by Gasteiger charge is 2.51. The summed E-state index contributed by atoms with van der Waals surface area (Å²) in [5, 5.41) is 0. The van der Waals surface area contributed by atoms with E-state index in [9.17, 15) is 26.4 Å². The van der Waals surface area contributed by atoms with E-state index in [4.69, 9.17) is 18.8 Å². The lowest BCUT2D eigenvalue weighted by molar-refractivity contribution is -0.144. The maximum atomic E-state index is 12.4. The molecule has 0 spiro atoms. The first-order chi connectivity index (χ1) is 27.5. The molecule has 0 aliphatic carbocycles. The highest BCUT2D eigenvalue weighted by atomic mass is 79.9. The van der Waals surface area contributed by atoms with Crippen LogP contribution in [0.5, 0.6) is 0 Å². The molecule has 0 atom stereocenters. The molecule has 1 heterocycles. The van der Waals surface area contributed by atoms with E-state index < -0.39 is 61.4 Å². The van der Waals surface area contributed by atoms with Gasteiger partial charge in [-0.2, -0.15) is 0 Å². The molecule has 0 saturated carbocycles. The lowest BCUT2D eigenvalue weighted by Crippen LogP contribution is -2.41. The zero-order valence-electron chi connectivity index (χ0n) is 36.3. The number of sulfone groups is 2. The second-order valence-electron chi connectivity index (χ2n) is 17.9. The first-order valence-corrected chi connectivity index (χ1v) is 24.2. The summed E-state index contributed by atoms with van der Waals surface area (Å²) in [5.41, 5.74) is 2.54. The van der Waals surface area contributed by atoms with Crippen LogP contribution in [0.4, 0.5) is 0 Å². The van der Waals surface area contributed by atoms with E-state index in [1.54, 1.807) is 24.3 Å². The van der Waals surface area contributed by atoms with Crippen molar-refractivity contribution in [2.75, 3.05) is 24.7 Å². The molecule has 1 saturated heterocycles. The third-order valence-corrected chi connectivity index (χ3v) is 13.4. The van der Waals surface area contributed by atoms with Crippen LogP contribution in [0.3, 0.4) is 0 Å². The van der Waals surface area contributed by atoms with Gasteiger partial charge in [-0.1, -0.05) is 127 Å². The molecule has 10 nitrogen and oxygen atoms in total. The van der Waals surface area contributed by atoms with Crippen LogP contribution < -0.4 is 5.46 Å². The molecule has 1 aliphatic heterocycles. The van der Waals surface area contributed by atoms with Crippen molar-refractivity contribution in [2.24, 2.45) is 10.8 Å². The predicted octanol–water partition coefficient (Wildman–Crippen LogP) is 9.59. The summed E-state index contributed by atoms with van der Waals surface area (Å²) in [6.07, 6.45) is 0. The molecule has 0 unspecified atom stereocenters. The minimum atomic E-state index is -3.77. The van der Waals surface area contributed by atoms with E-state index >= 15 is 0 Å². The molecule has 0 N–H and O–H groups in total. The van der Waals surface area contributed by atoms with Gasteiger partial charge >= 0.3 is 19.1 Å². The molecule has 4 aromatic rings. The number of benzene rings is 4. The number of halogens is 2. The number of hydrogen-bond donors (Lipinski definition) is 0. The molecular weight excluding hydrogens is 935 g/mol. The van der Waals surface area contributed by atoms with Crippen LogP contribution >= 0.6 is 31.9 Å². The standard InChI is InChI=1S/C19H29BO6S.C19H21BrO4S.C7H7Br/c1-17(2,3)13-24-16(21)12-27(22,23)15-10-8-14(9-11-15)20-25-18(4,5)19(6,7)26-20;1-19(2,3)13-24-18(21)12-25(22,23)17-10-6-15(7-11-17)14-4-8-16(20)9-5-14;1-6-2-4-7(8)5-3-6/h8-11H,12-13H2,1-7H3;4-11H,12-13H2,1-3H3;2-5H,1H3. The van der Waals surface area contributed by atoms with E-state index in [0.717, 1.165) is 25.5 Å². The Balaban J connectivity index is 0.000000271. The van der Waals surface area contributed by atoms with Crippen molar-refractivity contribution >= 4 is 76.1 Å². The Morgan fingerprint density at radius 1 is 0.567 bits per heavy atom. The van der Waals surface area contributed by atoms with E-state index in [1.165, 1.54) is 29.8 Å². The molecule has 15 heteroatoms. The number of esters is 2. The van der Waals surface area contributed by atoms with Gasteiger partial charge in [0.2, 0.25) is 0 Å². The van der Waals surface area contributed by atoms with Crippen molar-refractivity contribution in [3.8, 4) is 11.1 Å². The minimum Gasteiger partial charge on any atom is -0.464 e. The van der Waals surface area contributed by atoms with Crippen LogP contribution in [0.2, 0.25) is 0 Å². The fraction of sp³-hybridized carbons (Fsp3) is 0.422. The van der Waals surface area contributed by atoms with Crippen LogP contribution in [0.15, 0.2) is 116 Å². The maximum absolute atomic E-state index is 12.4. The molecule has 0 bridgehead atoms. The first kappa shape index (κ1) is 51.0. The SMILES string of the molecule is CC(C)(C)COC(=O)CS(=O)(=O)c1ccc(-c2ccc(Br)cc2)cc1.CC(C)(C)COC(=O)CS(=O)(=O)c1ccc(B2OC(C)(C)C(C)(C)O2)cc1.Cc1ccc(Br)cc1. The lowest BCUT2D eigenvalue weighted by atomic mass is 9.79. The van der Waals surface area contributed by atoms with Gasteiger partial charge in [-0.25, -0.2) is 16.8 Å². The van der Waals surface area contributed by atoms with Crippen molar-refractivity contribution in [2.45, 2.75) is 97.2 Å². The Morgan fingerprint density at radius 2 is 0.883 bits per heavy atom. The monoisotopic (exact) mass is 990 g/mol. The van der Waals surface area contributed by atoms with Gasteiger partial charge < -0.3 is 18.8 Å². The van der Waals surface area contributed by atoms with Crippen LogP contribution in [0.1, 0.15) is 74.8 Å². The fourth-order valence-corrected chi connectivity index (χ4v) is 7.75. The number of carbonyl (C=O) groups excluding carboxylic acids is 2. The van der Waals surface area contributed by atoms with Crippen molar-refractivity contribution in [1.82, 2.24) is 0 Å². The summed E-state index contributed by atoms with van der Waals surface area (Å²) < 4.78 is 73.7. The summed E-state index contributed by atoms with van der Waals surface area (Å²) in [6.45, 7) is 21.7. The Hall–Kier alpha value is -3.34. The topological polar surface area (TPSA) is 139 Å². The zero-order valence-corrected chi connectivity index (χ0v) is 41.1. The van der Waals surface area contributed by atoms with Gasteiger partial charge in [0.1, 0.15) is 0 Å². The molecule has 4 aromatic carbocycles. The predicted molar refractivity (Wildman–Crippen MR) is 246 cm³/mol. The van der Waals surface area contributed by atoms with Gasteiger partial charge in [0.05, 0.1) is 34.2 Å². The number of ether oxygens (including phenoxy) is 2. The van der Waals surface area contributed by atoms with Gasteiger partial charge in [-0.15, -0.1) is 0 Å². The third kappa shape index (κ3) is 16.5. The van der Waals surface area contributed by atoms with Crippen LogP contribution in [-0.2, 0) is 48.0 Å². The molecule has 0 radical (unpaired) electrons. The molecule has 60 heavy (non-hydrogen) atoms. The van der Waals surface area contributed by atoms with E-state index in [2.05, 4.69) is 50.9 Å². The Morgan fingerprint density at radius 3 is 1.22 bits per heavy atom. The van der Waals surface area contributed by atoms with Crippen LogP contribution in [0, 0.1) is 17.8 Å². The molecule has 5 rings (SSSR count). The van der Waals surface area contributed by atoms with Gasteiger partial charge in [0.25, 0.3) is 0 Å². The molecule has 326 valence electrons. The highest BCUT2D eigenvalue weighted by Crippen LogP contribution is 2.36. The van der Waals surface area contributed by atoms with Crippen molar-refractivity contribution in [3.05, 3.63) is 112 Å². The summed E-state index contributed by atoms with van der Waals surface area (Å²) in [5.74, 6) is -2.81. The highest BCUT2D eigenvalue weighted by molar-refractivity contribution is 9.10. The van der Waals surface area contributed by atoms with Gasteiger partial charge in [0.15, 0.2) is 31.2 Å². The molecule has 1 fully saturated rings. The average Bonchev–Trinajstić information content (AvgIpc) is 3.37. The quantitative estimate of drug-likeness (QED) is 0.112. The largest absolute Gasteiger partial charge is 0.494 e. The van der Waals surface area contributed by atoms with Crippen LogP contribution in [0.25, 0.3) is 11.1 Å². The second kappa shape index (κ2) is 20.7. The summed E-state index contributed by atoms with van der Waals surface area (Å²) in [4.78, 5) is 23.8. The second-order valence-corrected chi connectivity index (χ2v) is 23.8. The van der Waals surface area contributed by atoms with Gasteiger partial charge in [-0.05, 0) is 111 Å². The molecular formula is C45H57BBr2O10S2. The number of aryl methyl sites for hydroxylation is 1. The summed E-state index contributed by atoms with van der Waals surface area (Å²) >= 11 is 6.73. The molecule has 0 aromatic heterocycles. The van der Waals surface area contributed by atoms with Crippen molar-refractivity contribution in [3.63, 3.8) is 0 Å². The number of hydrogen-bond acceptors (Lipinski definition) is 10. The number of rotatable bonds is 10. The molecule has 0 amide bonds. The average molecular weight is 993 g/mol. The Bertz CT molecular complexity index is 2230. The number of carbonyl (C=O) groups is 2. The molecule has 1 aliphatic rings. The zero-order chi connectivity index (χ0) is 45.3. The minimum absolute atomic E-state index is 0.0653. The van der Waals surface area contributed by atoms with E-state index in [0.29, 0.717) is 0 Å². The Labute approximate surface area is 374 Å². The summed E-state index contributed by atoms with van der Waals surface area (Å²) in [6, 6.07) is 28.7. The lowest BCUT2D eigenvalue weighted by Gasteiger charge is -2.32.